The molecule has 2 atom stereocenters. The van der Waals surface area contributed by atoms with Crippen molar-refractivity contribution in [3.63, 3.8) is 0 Å². The molecule has 0 unspecified atom stereocenters. The lowest BCUT2D eigenvalue weighted by molar-refractivity contribution is -0.126. The summed E-state index contributed by atoms with van der Waals surface area (Å²) in [5.41, 5.74) is 0.405. The molecule has 0 aromatic heterocycles. The van der Waals surface area contributed by atoms with Crippen LogP contribution in [0.3, 0.4) is 0 Å². The number of ether oxygens (including phenoxy) is 1. The van der Waals surface area contributed by atoms with Gasteiger partial charge in [0.15, 0.2) is 8.32 Å². The fourth-order valence-corrected chi connectivity index (χ4v) is 3.56. The number of nitrogens with zero attached hydrogens (tertiary/aromatic N) is 1. The van der Waals surface area contributed by atoms with Gasteiger partial charge >= 0.3 is 6.09 Å². The van der Waals surface area contributed by atoms with E-state index in [2.05, 4.69) is 33.9 Å². The lowest BCUT2D eigenvalue weighted by Crippen LogP contribution is -2.52. The Balaban J connectivity index is 3.20. The molecule has 1 rings (SSSR count). The maximum absolute atomic E-state index is 12.6. The lowest BCUT2D eigenvalue weighted by atomic mass is 10.1. The molecule has 0 aromatic carbocycles. The minimum Gasteiger partial charge on any atom is -0.443 e. The molecule has 0 spiro atoms. The van der Waals surface area contributed by atoms with E-state index in [1.807, 2.05) is 19.9 Å². The molecule has 1 aliphatic heterocycles. The Morgan fingerprint density at radius 2 is 1.73 bits per heavy atom. The molecular weight excluding hydrogens is 346 g/mol. The van der Waals surface area contributed by atoms with Crippen LogP contribution in [0.15, 0.2) is 23.8 Å². The van der Waals surface area contributed by atoms with Crippen LogP contribution in [-0.2, 0) is 14.0 Å². The smallest absolute Gasteiger partial charge is 0.417 e. The molecule has 0 saturated carbocycles. The summed E-state index contributed by atoms with van der Waals surface area (Å²) in [6.45, 7) is 20.2. The van der Waals surface area contributed by atoms with E-state index in [1.165, 1.54) is 11.0 Å². The Bertz CT molecular complexity index is 604. The molecule has 0 aromatic rings. The first-order valence-electron chi connectivity index (χ1n) is 9.12. The second-order valence-corrected chi connectivity index (χ2v) is 14.4. The van der Waals surface area contributed by atoms with Gasteiger partial charge in [0.1, 0.15) is 5.60 Å². The summed E-state index contributed by atoms with van der Waals surface area (Å²) in [5, 5.41) is 0.0177. The van der Waals surface area contributed by atoms with Crippen molar-refractivity contribution in [3.05, 3.63) is 23.8 Å². The Labute approximate surface area is 159 Å². The number of hydrogen-bond donors (Lipinski definition) is 0. The first kappa shape index (κ1) is 22.6. The van der Waals surface area contributed by atoms with E-state index in [9.17, 15) is 9.59 Å². The molecule has 5 nitrogen and oxygen atoms in total. The Hall–Kier alpha value is -1.40. The van der Waals surface area contributed by atoms with E-state index in [0.29, 0.717) is 0 Å². The predicted octanol–water partition coefficient (Wildman–Crippen LogP) is 5.05. The molecule has 148 valence electrons. The van der Waals surface area contributed by atoms with Gasteiger partial charge in [-0.2, -0.15) is 0 Å². The highest BCUT2D eigenvalue weighted by Crippen LogP contribution is 2.38. The maximum Gasteiger partial charge on any atom is 0.417 e. The lowest BCUT2D eigenvalue weighted by Gasteiger charge is -2.41. The van der Waals surface area contributed by atoms with Gasteiger partial charge in [0.25, 0.3) is 5.91 Å². The molecule has 0 fully saturated rings. The summed E-state index contributed by atoms with van der Waals surface area (Å²) in [4.78, 5) is 26.1. The van der Waals surface area contributed by atoms with Crippen LogP contribution in [-0.4, -0.2) is 43.0 Å². The largest absolute Gasteiger partial charge is 0.443 e. The monoisotopic (exact) mass is 381 g/mol. The maximum atomic E-state index is 12.6. The average molecular weight is 382 g/mol. The minimum absolute atomic E-state index is 0.0177. The SMILES string of the molecule is CC(C)=C[C@H](O[Si](C)(C)C(C)(C)C)[C@@H]1C=CC(=O)N1C(=O)OC(C)(C)C. The van der Waals surface area contributed by atoms with Crippen molar-refractivity contribution in [3.8, 4) is 0 Å². The van der Waals surface area contributed by atoms with Crippen LogP contribution < -0.4 is 0 Å². The fourth-order valence-electron chi connectivity index (χ4n) is 2.32. The van der Waals surface area contributed by atoms with Gasteiger partial charge in [-0.25, -0.2) is 9.69 Å². The van der Waals surface area contributed by atoms with Gasteiger partial charge in [-0.15, -0.1) is 0 Å². The van der Waals surface area contributed by atoms with Crippen molar-refractivity contribution in [2.24, 2.45) is 0 Å². The molecular formula is C20H35NO4Si. The van der Waals surface area contributed by atoms with E-state index < -0.39 is 32.2 Å². The summed E-state index contributed by atoms with van der Waals surface area (Å²) in [6, 6.07) is -0.499. The first-order chi connectivity index (χ1) is 11.5. The van der Waals surface area contributed by atoms with Gasteiger partial charge in [-0.3, -0.25) is 4.79 Å². The summed E-state index contributed by atoms with van der Waals surface area (Å²) >= 11 is 0. The normalized spacial score (nSPS) is 19.5. The number of allylic oxidation sites excluding steroid dienone is 1. The molecule has 0 N–H and O–H groups in total. The second-order valence-electron chi connectivity index (χ2n) is 9.63. The van der Waals surface area contributed by atoms with E-state index in [4.69, 9.17) is 9.16 Å². The molecule has 0 radical (unpaired) electrons. The van der Waals surface area contributed by atoms with Crippen LogP contribution in [0.25, 0.3) is 0 Å². The zero-order valence-corrected chi connectivity index (χ0v) is 19.0. The number of imide groups is 1. The predicted molar refractivity (Wildman–Crippen MR) is 108 cm³/mol. The van der Waals surface area contributed by atoms with Gasteiger partial charge in [-0.05, 0) is 52.8 Å². The highest BCUT2D eigenvalue weighted by atomic mass is 28.4. The highest BCUT2D eigenvalue weighted by Gasteiger charge is 2.44. The standard InChI is InChI=1S/C20H35NO4Si/c1-14(2)13-16(25-26(9,10)20(6,7)8)15-11-12-17(22)21(15)18(23)24-19(3,4)5/h11-13,15-16H,1-10H3/t15-,16-/m0/s1. The summed E-state index contributed by atoms with van der Waals surface area (Å²) in [6.07, 6.45) is 4.13. The van der Waals surface area contributed by atoms with Crippen molar-refractivity contribution < 1.29 is 18.8 Å². The molecule has 1 heterocycles. The number of carbonyl (C=O) groups is 2. The minimum atomic E-state index is -2.10. The van der Waals surface area contributed by atoms with Gasteiger partial charge in [0, 0.05) is 6.08 Å². The Morgan fingerprint density at radius 1 is 1.19 bits per heavy atom. The molecule has 6 heteroatoms. The third kappa shape index (κ3) is 5.81. The first-order valence-corrected chi connectivity index (χ1v) is 12.0. The fraction of sp³-hybridized carbons (Fsp3) is 0.700. The third-order valence-electron chi connectivity index (χ3n) is 4.63. The Morgan fingerprint density at radius 3 is 2.15 bits per heavy atom. The van der Waals surface area contributed by atoms with Gasteiger partial charge in [0.2, 0.25) is 0 Å². The molecule has 0 bridgehead atoms. The number of rotatable bonds is 4. The van der Waals surface area contributed by atoms with Crippen LogP contribution in [0.5, 0.6) is 0 Å². The Kier molecular flexibility index (Phi) is 6.69. The van der Waals surface area contributed by atoms with Crippen LogP contribution in [0.1, 0.15) is 55.4 Å². The van der Waals surface area contributed by atoms with Gasteiger partial charge in [0.05, 0.1) is 12.1 Å². The summed E-state index contributed by atoms with van der Waals surface area (Å²) in [7, 11) is -2.10. The molecule has 1 aliphatic rings. The van der Waals surface area contributed by atoms with Gasteiger partial charge < -0.3 is 9.16 Å². The van der Waals surface area contributed by atoms with Crippen LogP contribution in [0.4, 0.5) is 4.79 Å². The topological polar surface area (TPSA) is 55.8 Å². The van der Waals surface area contributed by atoms with Crippen molar-refractivity contribution in [2.75, 3.05) is 0 Å². The zero-order valence-electron chi connectivity index (χ0n) is 18.0. The molecule has 26 heavy (non-hydrogen) atoms. The summed E-state index contributed by atoms with van der Waals surface area (Å²) < 4.78 is 12.0. The van der Waals surface area contributed by atoms with Crippen molar-refractivity contribution in [2.45, 2.75) is 91.3 Å². The van der Waals surface area contributed by atoms with E-state index in [1.54, 1.807) is 26.8 Å². The van der Waals surface area contributed by atoms with Crippen LogP contribution in [0, 0.1) is 0 Å². The van der Waals surface area contributed by atoms with Crippen LogP contribution in [0.2, 0.25) is 18.1 Å². The second kappa shape index (κ2) is 7.68. The van der Waals surface area contributed by atoms with E-state index >= 15 is 0 Å². The third-order valence-corrected chi connectivity index (χ3v) is 9.11. The zero-order chi connectivity index (χ0) is 20.5. The average Bonchev–Trinajstić information content (AvgIpc) is 2.75. The number of hydrogen-bond acceptors (Lipinski definition) is 4. The number of carbonyl (C=O) groups excluding carboxylic acids is 2. The molecule has 0 saturated heterocycles. The van der Waals surface area contributed by atoms with Crippen molar-refractivity contribution in [1.82, 2.24) is 4.90 Å². The number of amides is 2. The van der Waals surface area contributed by atoms with Crippen LogP contribution >= 0.6 is 0 Å². The van der Waals surface area contributed by atoms with E-state index in [-0.39, 0.29) is 10.9 Å². The van der Waals surface area contributed by atoms with Crippen molar-refractivity contribution >= 4 is 20.3 Å². The summed E-state index contributed by atoms with van der Waals surface area (Å²) in [5.74, 6) is -0.366. The quantitative estimate of drug-likeness (QED) is 0.505. The van der Waals surface area contributed by atoms with E-state index in [0.717, 1.165) is 5.57 Å². The van der Waals surface area contributed by atoms with Gasteiger partial charge in [-0.1, -0.05) is 38.5 Å². The molecule has 2 amide bonds. The molecule has 0 aliphatic carbocycles. The van der Waals surface area contributed by atoms with Crippen molar-refractivity contribution in [1.29, 1.82) is 0 Å². The highest BCUT2D eigenvalue weighted by molar-refractivity contribution is 6.74.